The zero-order valence-electron chi connectivity index (χ0n) is 13.8. The molecule has 0 aliphatic carbocycles. The minimum Gasteiger partial charge on any atom is -0.748 e. The number of hydrogen-bond acceptors (Lipinski definition) is 3. The molecule has 7 heteroatoms. The Morgan fingerprint density at radius 2 is 1.64 bits per heavy atom. The molecular formula is C18H17BrN2O3S. The summed E-state index contributed by atoms with van der Waals surface area (Å²) in [6.45, 7) is 0.937. The van der Waals surface area contributed by atoms with Crippen LogP contribution in [0.2, 0.25) is 0 Å². The lowest BCUT2D eigenvalue weighted by Gasteiger charge is -2.00. The van der Waals surface area contributed by atoms with E-state index < -0.39 is 10.1 Å². The van der Waals surface area contributed by atoms with Crippen molar-refractivity contribution in [2.75, 3.05) is 6.26 Å². The van der Waals surface area contributed by atoms with Gasteiger partial charge in [-0.25, -0.2) is 17.6 Å². The first-order valence-corrected chi connectivity index (χ1v) is 10.2. The number of benzene rings is 2. The Morgan fingerprint density at radius 1 is 1.08 bits per heavy atom. The van der Waals surface area contributed by atoms with Gasteiger partial charge in [0.15, 0.2) is 5.69 Å². The molecule has 0 spiro atoms. The van der Waals surface area contributed by atoms with E-state index in [4.69, 9.17) is 13.0 Å². The zero-order valence-corrected chi connectivity index (χ0v) is 16.2. The van der Waals surface area contributed by atoms with Crippen LogP contribution in [0.1, 0.15) is 5.56 Å². The molecule has 0 saturated carbocycles. The Kier molecular flexibility index (Phi) is 4.81. The van der Waals surface area contributed by atoms with E-state index in [0.29, 0.717) is 6.26 Å². The summed E-state index contributed by atoms with van der Waals surface area (Å²) in [7, 11) is -1.78. The second-order valence-electron chi connectivity index (χ2n) is 5.84. The van der Waals surface area contributed by atoms with Crippen molar-refractivity contribution in [3.05, 3.63) is 64.8 Å². The highest BCUT2D eigenvalue weighted by atomic mass is 79.9. The SMILES string of the molecule is CS(=O)(=O)[O-].C[n+]1c(-c2ccccc2)c(Br)n2c1-c1ccccc1C2. The molecule has 130 valence electrons. The Hall–Kier alpha value is -1.96. The van der Waals surface area contributed by atoms with E-state index >= 15 is 0 Å². The predicted octanol–water partition coefficient (Wildman–Crippen LogP) is 2.93. The summed E-state index contributed by atoms with van der Waals surface area (Å²) in [4.78, 5) is 0. The number of halogens is 1. The van der Waals surface area contributed by atoms with Gasteiger partial charge in [-0.3, -0.25) is 0 Å². The molecule has 1 aliphatic rings. The first-order valence-electron chi connectivity index (χ1n) is 7.60. The van der Waals surface area contributed by atoms with Crippen LogP contribution in [0.4, 0.5) is 0 Å². The minimum atomic E-state index is -3.92. The number of fused-ring (bicyclic) bond motifs is 3. The highest BCUT2D eigenvalue weighted by Gasteiger charge is 2.35. The van der Waals surface area contributed by atoms with Crippen molar-refractivity contribution in [3.8, 4) is 22.6 Å². The average Bonchev–Trinajstić information content (AvgIpc) is 3.03. The van der Waals surface area contributed by atoms with Crippen molar-refractivity contribution in [2.45, 2.75) is 6.54 Å². The second kappa shape index (κ2) is 6.74. The maximum absolute atomic E-state index is 9.08. The maximum atomic E-state index is 9.08. The Balaban J connectivity index is 0.000000324. The Bertz CT molecular complexity index is 1020. The molecule has 0 radical (unpaired) electrons. The van der Waals surface area contributed by atoms with Gasteiger partial charge in [-0.05, 0) is 6.07 Å². The molecule has 25 heavy (non-hydrogen) atoms. The molecule has 0 bridgehead atoms. The third-order valence-corrected chi connectivity index (χ3v) is 4.78. The van der Waals surface area contributed by atoms with Gasteiger partial charge in [0, 0.05) is 33.3 Å². The number of rotatable bonds is 1. The standard InChI is InChI=1S/C17H14BrN2.CH4O3S/c1-19-15(12-7-3-2-4-8-12)16(18)20-11-13-9-5-6-10-14(13)17(19)20;1-5(2,3)4/h2-10H,11H2,1H3;1H3,(H,2,3,4)/q+1;/p-1. The van der Waals surface area contributed by atoms with E-state index in [-0.39, 0.29) is 0 Å². The highest BCUT2D eigenvalue weighted by molar-refractivity contribution is 9.10. The smallest absolute Gasteiger partial charge is 0.290 e. The summed E-state index contributed by atoms with van der Waals surface area (Å²) in [5.41, 5.74) is 5.19. The fourth-order valence-corrected chi connectivity index (χ4v) is 3.86. The largest absolute Gasteiger partial charge is 0.748 e. The first-order chi connectivity index (χ1) is 11.8. The monoisotopic (exact) mass is 420 g/mol. The molecular weight excluding hydrogens is 404 g/mol. The van der Waals surface area contributed by atoms with Crippen LogP contribution in [0.3, 0.4) is 0 Å². The van der Waals surface area contributed by atoms with Gasteiger partial charge in [-0.15, -0.1) is 0 Å². The summed E-state index contributed by atoms with van der Waals surface area (Å²) < 4.78 is 33.0. The maximum Gasteiger partial charge on any atom is 0.290 e. The van der Waals surface area contributed by atoms with Crippen molar-refractivity contribution >= 4 is 26.0 Å². The molecule has 1 aliphatic heterocycles. The summed E-state index contributed by atoms with van der Waals surface area (Å²) in [5, 5.41) is 0. The van der Waals surface area contributed by atoms with Crippen LogP contribution in [-0.4, -0.2) is 23.8 Å². The van der Waals surface area contributed by atoms with Crippen LogP contribution in [0.25, 0.3) is 22.6 Å². The van der Waals surface area contributed by atoms with E-state index in [1.165, 1.54) is 28.2 Å². The van der Waals surface area contributed by atoms with Crippen molar-refractivity contribution in [3.63, 3.8) is 0 Å². The molecule has 0 atom stereocenters. The van der Waals surface area contributed by atoms with Crippen LogP contribution >= 0.6 is 15.9 Å². The van der Waals surface area contributed by atoms with Crippen LogP contribution < -0.4 is 4.57 Å². The fourth-order valence-electron chi connectivity index (χ4n) is 3.07. The predicted molar refractivity (Wildman–Crippen MR) is 98.9 cm³/mol. The van der Waals surface area contributed by atoms with Crippen molar-refractivity contribution < 1.29 is 17.5 Å². The van der Waals surface area contributed by atoms with Crippen LogP contribution in [0, 0.1) is 0 Å². The molecule has 0 unspecified atom stereocenters. The van der Waals surface area contributed by atoms with Crippen LogP contribution in [0.15, 0.2) is 59.2 Å². The van der Waals surface area contributed by atoms with Crippen molar-refractivity contribution in [1.29, 1.82) is 0 Å². The molecule has 0 N–H and O–H groups in total. The van der Waals surface area contributed by atoms with Gasteiger partial charge in [0.2, 0.25) is 4.60 Å². The number of hydrogen-bond donors (Lipinski definition) is 0. The quantitative estimate of drug-likeness (QED) is 0.351. The lowest BCUT2D eigenvalue weighted by atomic mass is 10.1. The molecule has 5 nitrogen and oxygen atoms in total. The summed E-state index contributed by atoms with van der Waals surface area (Å²) in [5.74, 6) is 1.27. The molecule has 0 fully saturated rings. The third-order valence-electron chi connectivity index (χ3n) is 3.98. The van der Waals surface area contributed by atoms with Gasteiger partial charge >= 0.3 is 0 Å². The Labute approximate surface area is 155 Å². The fraction of sp³-hybridized carbons (Fsp3) is 0.167. The molecule has 3 aromatic rings. The molecule has 0 saturated heterocycles. The number of imidazole rings is 1. The molecule has 2 heterocycles. The van der Waals surface area contributed by atoms with Gasteiger partial charge in [-0.2, -0.15) is 0 Å². The summed E-state index contributed by atoms with van der Waals surface area (Å²) in [6.07, 6.45) is 0.604. The normalized spacial score (nSPS) is 12.2. The van der Waals surface area contributed by atoms with Gasteiger partial charge in [0.25, 0.3) is 5.82 Å². The van der Waals surface area contributed by atoms with Gasteiger partial charge in [0.1, 0.15) is 6.54 Å². The van der Waals surface area contributed by atoms with E-state index in [2.05, 4.69) is 86.7 Å². The average molecular weight is 421 g/mol. The van der Waals surface area contributed by atoms with E-state index in [9.17, 15) is 0 Å². The van der Waals surface area contributed by atoms with Gasteiger partial charge in [-0.1, -0.05) is 48.5 Å². The van der Waals surface area contributed by atoms with Gasteiger partial charge < -0.3 is 4.55 Å². The minimum absolute atomic E-state index is 0.604. The summed E-state index contributed by atoms with van der Waals surface area (Å²) >= 11 is 3.79. The second-order valence-corrected chi connectivity index (χ2v) is 7.99. The molecule has 4 rings (SSSR count). The van der Waals surface area contributed by atoms with E-state index in [1.807, 2.05) is 0 Å². The number of aromatic nitrogens is 2. The van der Waals surface area contributed by atoms with E-state index in [0.717, 1.165) is 11.1 Å². The topological polar surface area (TPSA) is 66.0 Å². The molecule has 2 aromatic carbocycles. The zero-order chi connectivity index (χ0) is 18.2. The highest BCUT2D eigenvalue weighted by Crippen LogP contribution is 2.37. The van der Waals surface area contributed by atoms with Crippen molar-refractivity contribution in [2.24, 2.45) is 7.05 Å². The molecule has 1 aromatic heterocycles. The van der Waals surface area contributed by atoms with Gasteiger partial charge in [0.05, 0.1) is 22.7 Å². The summed E-state index contributed by atoms with van der Waals surface area (Å²) in [6, 6.07) is 19.2. The lowest BCUT2D eigenvalue weighted by Crippen LogP contribution is -2.31. The van der Waals surface area contributed by atoms with Crippen LogP contribution in [-0.2, 0) is 23.7 Å². The van der Waals surface area contributed by atoms with Crippen LogP contribution in [0.5, 0.6) is 0 Å². The number of nitrogens with zero attached hydrogens (tertiary/aromatic N) is 2. The lowest BCUT2D eigenvalue weighted by molar-refractivity contribution is -0.648. The third kappa shape index (κ3) is 3.68. The Morgan fingerprint density at radius 3 is 2.28 bits per heavy atom. The van der Waals surface area contributed by atoms with E-state index in [1.54, 1.807) is 0 Å². The van der Waals surface area contributed by atoms with Crippen molar-refractivity contribution in [1.82, 2.24) is 4.57 Å². The molecule has 0 amide bonds. The first kappa shape index (κ1) is 17.8.